The zero-order valence-electron chi connectivity index (χ0n) is 17.6. The highest BCUT2D eigenvalue weighted by molar-refractivity contribution is 5.81. The van der Waals surface area contributed by atoms with E-state index in [1.165, 1.54) is 42.1 Å². The number of halogens is 1. The average Bonchev–Trinajstić information content (AvgIpc) is 2.71. The number of benzene rings is 1. The maximum absolute atomic E-state index is 13.4. The number of ether oxygens (including phenoxy) is 1. The Bertz CT molecular complexity index is 1170. The minimum absolute atomic E-state index is 0.114. The minimum Gasteiger partial charge on any atom is -0.489 e. The Morgan fingerprint density at radius 3 is 2.47 bits per heavy atom. The Kier molecular flexibility index (Phi) is 6.36. The topological polar surface area (TPSA) is 86.3 Å². The van der Waals surface area contributed by atoms with E-state index in [4.69, 9.17) is 4.74 Å². The van der Waals surface area contributed by atoms with Crippen LogP contribution in [0.3, 0.4) is 0 Å². The molecule has 1 aromatic carbocycles. The first-order chi connectivity index (χ1) is 14.3. The van der Waals surface area contributed by atoms with Crippen LogP contribution in [0.5, 0.6) is 5.75 Å². The molecule has 0 aliphatic rings. The smallest absolute Gasteiger partial charge is 0.332 e. The summed E-state index contributed by atoms with van der Waals surface area (Å²) in [7, 11) is 1.54. The molecule has 0 fully saturated rings. The number of hydrogen-bond acceptors (Lipinski definition) is 5. The molecule has 3 rings (SSSR count). The molecule has 0 saturated carbocycles. The number of pyridine rings is 1. The van der Waals surface area contributed by atoms with Crippen molar-refractivity contribution in [3.63, 3.8) is 0 Å². The van der Waals surface area contributed by atoms with Crippen molar-refractivity contribution in [1.29, 1.82) is 0 Å². The Morgan fingerprint density at radius 1 is 1.20 bits per heavy atom. The standard InChI is InChI=1S/C22H26FN3O4/c1-5-6-11-26-21(28)18-17(19(27)14-7-9-15(23)10-8-14)16(30-13(2)3)12-24-20(18)25(4)22(26)29/h7-10,12-13,19,27H,5-6,11H2,1-4H3. The summed E-state index contributed by atoms with van der Waals surface area (Å²) in [6.45, 7) is 5.87. The zero-order chi connectivity index (χ0) is 22.0. The Balaban J connectivity index is 2.38. The lowest BCUT2D eigenvalue weighted by atomic mass is 9.98. The molecule has 0 aliphatic carbocycles. The number of rotatable bonds is 7. The van der Waals surface area contributed by atoms with E-state index in [0.29, 0.717) is 12.0 Å². The molecule has 0 amide bonds. The minimum atomic E-state index is -1.27. The molecule has 3 aromatic rings. The summed E-state index contributed by atoms with van der Waals surface area (Å²) in [4.78, 5) is 30.3. The molecule has 1 atom stereocenters. The zero-order valence-corrected chi connectivity index (χ0v) is 17.6. The van der Waals surface area contributed by atoms with Crippen LogP contribution in [0.1, 0.15) is 50.8 Å². The number of aryl methyl sites for hydroxylation is 1. The molecular formula is C22H26FN3O4. The molecular weight excluding hydrogens is 389 g/mol. The van der Waals surface area contributed by atoms with Gasteiger partial charge in [-0.1, -0.05) is 25.5 Å². The number of unbranched alkanes of at least 4 members (excludes halogenated alkanes) is 1. The highest BCUT2D eigenvalue weighted by atomic mass is 19.1. The number of aromatic nitrogens is 3. The second-order valence-electron chi connectivity index (χ2n) is 7.51. The van der Waals surface area contributed by atoms with Gasteiger partial charge in [-0.2, -0.15) is 0 Å². The average molecular weight is 415 g/mol. The van der Waals surface area contributed by atoms with Crippen molar-refractivity contribution in [1.82, 2.24) is 14.1 Å². The van der Waals surface area contributed by atoms with Crippen molar-refractivity contribution < 1.29 is 14.2 Å². The summed E-state index contributed by atoms with van der Waals surface area (Å²) in [6, 6.07) is 5.37. The molecule has 0 bridgehead atoms. The van der Waals surface area contributed by atoms with E-state index < -0.39 is 23.2 Å². The van der Waals surface area contributed by atoms with Crippen molar-refractivity contribution in [3.8, 4) is 5.75 Å². The van der Waals surface area contributed by atoms with Gasteiger partial charge in [0.15, 0.2) is 0 Å². The summed E-state index contributed by atoms with van der Waals surface area (Å²) in [6.07, 6.45) is 1.37. The summed E-state index contributed by atoms with van der Waals surface area (Å²) < 4.78 is 21.7. The first kappa shape index (κ1) is 21.7. The normalized spacial score (nSPS) is 12.5. The fraction of sp³-hybridized carbons (Fsp3) is 0.409. The fourth-order valence-electron chi connectivity index (χ4n) is 3.40. The highest BCUT2D eigenvalue weighted by Gasteiger charge is 2.25. The van der Waals surface area contributed by atoms with Crippen LogP contribution >= 0.6 is 0 Å². The molecule has 0 spiro atoms. The molecule has 0 saturated heterocycles. The van der Waals surface area contributed by atoms with Gasteiger partial charge in [0.05, 0.1) is 17.7 Å². The number of nitrogens with zero attached hydrogens (tertiary/aromatic N) is 3. The lowest BCUT2D eigenvalue weighted by molar-refractivity contribution is 0.199. The van der Waals surface area contributed by atoms with Crippen LogP contribution in [0.25, 0.3) is 11.0 Å². The van der Waals surface area contributed by atoms with Gasteiger partial charge in [0, 0.05) is 19.2 Å². The van der Waals surface area contributed by atoms with Gasteiger partial charge >= 0.3 is 5.69 Å². The predicted octanol–water partition coefficient (Wildman–Crippen LogP) is 2.90. The number of hydrogen-bond donors (Lipinski definition) is 1. The van der Waals surface area contributed by atoms with Crippen LogP contribution < -0.4 is 16.0 Å². The Hall–Kier alpha value is -3.00. The quantitative estimate of drug-likeness (QED) is 0.641. The van der Waals surface area contributed by atoms with E-state index in [1.807, 2.05) is 20.8 Å². The monoisotopic (exact) mass is 415 g/mol. The number of fused-ring (bicyclic) bond motifs is 1. The fourth-order valence-corrected chi connectivity index (χ4v) is 3.40. The van der Waals surface area contributed by atoms with Gasteiger partial charge in [0.1, 0.15) is 23.3 Å². The molecule has 30 heavy (non-hydrogen) atoms. The van der Waals surface area contributed by atoms with Crippen LogP contribution in [0.15, 0.2) is 40.1 Å². The largest absolute Gasteiger partial charge is 0.489 e. The SMILES string of the molecule is CCCCn1c(=O)c2c(C(O)c3ccc(F)cc3)c(OC(C)C)cnc2n(C)c1=O. The van der Waals surface area contributed by atoms with Gasteiger partial charge in [-0.05, 0) is 38.0 Å². The molecule has 0 radical (unpaired) electrons. The highest BCUT2D eigenvalue weighted by Crippen LogP contribution is 2.34. The molecule has 2 heterocycles. The van der Waals surface area contributed by atoms with Crippen molar-refractivity contribution >= 4 is 11.0 Å². The van der Waals surface area contributed by atoms with E-state index in [2.05, 4.69) is 4.98 Å². The van der Waals surface area contributed by atoms with Gasteiger partial charge in [-0.3, -0.25) is 13.9 Å². The molecule has 2 aromatic heterocycles. The van der Waals surface area contributed by atoms with Crippen LogP contribution in [0.2, 0.25) is 0 Å². The van der Waals surface area contributed by atoms with Crippen LogP contribution in [0.4, 0.5) is 4.39 Å². The summed E-state index contributed by atoms with van der Waals surface area (Å²) >= 11 is 0. The first-order valence-corrected chi connectivity index (χ1v) is 9.98. The Morgan fingerprint density at radius 2 is 1.87 bits per heavy atom. The first-order valence-electron chi connectivity index (χ1n) is 9.98. The molecule has 0 aliphatic heterocycles. The lowest BCUT2D eigenvalue weighted by Crippen LogP contribution is -2.40. The maximum atomic E-state index is 13.4. The van der Waals surface area contributed by atoms with Crippen LogP contribution in [-0.4, -0.2) is 25.3 Å². The maximum Gasteiger partial charge on any atom is 0.332 e. The van der Waals surface area contributed by atoms with Gasteiger partial charge in [0.2, 0.25) is 0 Å². The van der Waals surface area contributed by atoms with E-state index in [9.17, 15) is 19.1 Å². The third-order valence-corrected chi connectivity index (χ3v) is 4.91. The van der Waals surface area contributed by atoms with Gasteiger partial charge < -0.3 is 9.84 Å². The molecule has 1 unspecified atom stereocenters. The third-order valence-electron chi connectivity index (χ3n) is 4.91. The van der Waals surface area contributed by atoms with Crippen molar-refractivity contribution in [2.45, 2.75) is 52.4 Å². The molecule has 8 heteroatoms. The van der Waals surface area contributed by atoms with Crippen LogP contribution in [0, 0.1) is 5.82 Å². The lowest BCUT2D eigenvalue weighted by Gasteiger charge is -2.21. The number of aliphatic hydroxyl groups excluding tert-OH is 1. The Labute approximate surface area is 173 Å². The van der Waals surface area contributed by atoms with Gasteiger partial charge in [-0.25, -0.2) is 14.2 Å². The van der Waals surface area contributed by atoms with Gasteiger partial charge in [-0.15, -0.1) is 0 Å². The van der Waals surface area contributed by atoms with Crippen molar-refractivity contribution in [2.24, 2.45) is 7.05 Å². The molecule has 160 valence electrons. The molecule has 1 N–H and O–H groups in total. The predicted molar refractivity (Wildman–Crippen MR) is 112 cm³/mol. The van der Waals surface area contributed by atoms with E-state index in [0.717, 1.165) is 11.0 Å². The van der Waals surface area contributed by atoms with Crippen molar-refractivity contribution in [3.05, 3.63) is 68.2 Å². The second-order valence-corrected chi connectivity index (χ2v) is 7.51. The van der Waals surface area contributed by atoms with Crippen molar-refractivity contribution in [2.75, 3.05) is 0 Å². The third kappa shape index (κ3) is 4.00. The van der Waals surface area contributed by atoms with E-state index in [1.54, 1.807) is 0 Å². The second kappa shape index (κ2) is 8.79. The van der Waals surface area contributed by atoms with Gasteiger partial charge in [0.25, 0.3) is 5.56 Å². The van der Waals surface area contributed by atoms with Crippen LogP contribution in [-0.2, 0) is 13.6 Å². The van der Waals surface area contributed by atoms with E-state index in [-0.39, 0.29) is 35.0 Å². The summed E-state index contributed by atoms with van der Waals surface area (Å²) in [5, 5.41) is 11.3. The number of aliphatic hydroxyl groups is 1. The summed E-state index contributed by atoms with van der Waals surface area (Å²) in [5.41, 5.74) is -0.227. The van der Waals surface area contributed by atoms with E-state index >= 15 is 0 Å². The molecule has 7 nitrogen and oxygen atoms in total. The summed E-state index contributed by atoms with van der Waals surface area (Å²) in [5.74, 6) is -0.194.